The third kappa shape index (κ3) is 2.92. The molecule has 0 saturated heterocycles. The predicted molar refractivity (Wildman–Crippen MR) is 90.4 cm³/mol. The lowest BCUT2D eigenvalue weighted by Gasteiger charge is -2.25. The van der Waals surface area contributed by atoms with Gasteiger partial charge in [-0.25, -0.2) is 4.98 Å². The Kier molecular flexibility index (Phi) is 4.16. The number of benzene rings is 1. The molecule has 1 amide bonds. The predicted octanol–water partition coefficient (Wildman–Crippen LogP) is 1.35. The number of aryl methyl sites for hydroxylation is 1. The number of rotatable bonds is 4. The van der Waals surface area contributed by atoms with Crippen LogP contribution < -0.4 is 5.56 Å². The molecule has 0 spiro atoms. The van der Waals surface area contributed by atoms with Gasteiger partial charge in [-0.1, -0.05) is 30.3 Å². The molecule has 7 nitrogen and oxygen atoms in total. The van der Waals surface area contributed by atoms with E-state index in [4.69, 9.17) is 0 Å². The summed E-state index contributed by atoms with van der Waals surface area (Å²) in [6.07, 6.45) is 2.98. The van der Waals surface area contributed by atoms with Crippen molar-refractivity contribution in [1.29, 1.82) is 0 Å². The summed E-state index contributed by atoms with van der Waals surface area (Å²) in [5.74, 6) is -0.154. The molecular formula is C17H19N5O2. The van der Waals surface area contributed by atoms with Gasteiger partial charge in [-0.05, 0) is 12.5 Å². The molecule has 0 aliphatic carbocycles. The van der Waals surface area contributed by atoms with Crippen LogP contribution in [0.25, 0.3) is 11.0 Å². The van der Waals surface area contributed by atoms with E-state index in [2.05, 4.69) is 10.1 Å². The number of amides is 1. The third-order valence-corrected chi connectivity index (χ3v) is 4.18. The molecule has 0 saturated carbocycles. The van der Waals surface area contributed by atoms with Gasteiger partial charge in [0.25, 0.3) is 5.56 Å². The van der Waals surface area contributed by atoms with Crippen LogP contribution in [-0.4, -0.2) is 37.2 Å². The lowest BCUT2D eigenvalue weighted by atomic mass is 10.1. The summed E-state index contributed by atoms with van der Waals surface area (Å²) in [6.45, 7) is 1.91. The van der Waals surface area contributed by atoms with Crippen molar-refractivity contribution >= 4 is 16.9 Å². The minimum absolute atomic E-state index is 0.0512. The molecule has 1 aromatic carbocycles. The Bertz CT molecular complexity index is 929. The highest BCUT2D eigenvalue weighted by Gasteiger charge is 2.18. The van der Waals surface area contributed by atoms with Crippen LogP contribution in [0, 0.1) is 0 Å². The number of hydrogen-bond acceptors (Lipinski definition) is 4. The average molecular weight is 325 g/mol. The lowest BCUT2D eigenvalue weighted by Crippen LogP contribution is -2.35. The average Bonchev–Trinajstić information content (AvgIpc) is 2.98. The first-order valence-electron chi connectivity index (χ1n) is 7.67. The van der Waals surface area contributed by atoms with E-state index in [-0.39, 0.29) is 24.1 Å². The maximum absolute atomic E-state index is 12.5. The fourth-order valence-corrected chi connectivity index (χ4v) is 2.60. The molecule has 1 atom stereocenters. The molecule has 1 unspecified atom stereocenters. The number of nitrogens with zero attached hydrogens (tertiary/aromatic N) is 5. The van der Waals surface area contributed by atoms with Crippen molar-refractivity contribution in [2.45, 2.75) is 19.5 Å². The Hall–Kier alpha value is -2.96. The number of aromatic nitrogens is 4. The van der Waals surface area contributed by atoms with Gasteiger partial charge in [0.15, 0.2) is 5.65 Å². The van der Waals surface area contributed by atoms with Crippen molar-refractivity contribution in [3.63, 3.8) is 0 Å². The molecule has 24 heavy (non-hydrogen) atoms. The monoisotopic (exact) mass is 325 g/mol. The summed E-state index contributed by atoms with van der Waals surface area (Å²) in [5.41, 5.74) is 1.17. The van der Waals surface area contributed by atoms with Gasteiger partial charge >= 0.3 is 0 Å². The van der Waals surface area contributed by atoms with Gasteiger partial charge in [0.05, 0.1) is 6.04 Å². The van der Waals surface area contributed by atoms with E-state index in [1.165, 1.54) is 15.6 Å². The molecule has 7 heteroatoms. The van der Waals surface area contributed by atoms with Crippen LogP contribution in [-0.2, 0) is 18.4 Å². The van der Waals surface area contributed by atoms with Gasteiger partial charge < -0.3 is 4.90 Å². The summed E-state index contributed by atoms with van der Waals surface area (Å²) >= 11 is 0. The lowest BCUT2D eigenvalue weighted by molar-refractivity contribution is -0.132. The van der Waals surface area contributed by atoms with Crippen LogP contribution in [0.1, 0.15) is 18.5 Å². The summed E-state index contributed by atoms with van der Waals surface area (Å²) in [5, 5.41) is 4.50. The van der Waals surface area contributed by atoms with Gasteiger partial charge in [-0.2, -0.15) is 5.10 Å². The van der Waals surface area contributed by atoms with Crippen molar-refractivity contribution in [2.75, 3.05) is 7.05 Å². The van der Waals surface area contributed by atoms with Crippen LogP contribution in [0.3, 0.4) is 0 Å². The number of carbonyl (C=O) groups excluding carboxylic acids is 1. The molecule has 0 aliphatic heterocycles. The fourth-order valence-electron chi connectivity index (χ4n) is 2.60. The SMILES string of the molecule is CC(c1ccccc1)N(C)C(=O)Cn1cnc2nn(C)cc2c1=O. The minimum Gasteiger partial charge on any atom is -0.337 e. The first kappa shape index (κ1) is 15.9. The van der Waals surface area contributed by atoms with Crippen LogP contribution in [0.15, 0.2) is 47.7 Å². The van der Waals surface area contributed by atoms with Gasteiger partial charge in [0.1, 0.15) is 18.3 Å². The van der Waals surface area contributed by atoms with E-state index in [1.807, 2.05) is 37.3 Å². The van der Waals surface area contributed by atoms with Crippen LogP contribution in [0.2, 0.25) is 0 Å². The van der Waals surface area contributed by atoms with E-state index in [1.54, 1.807) is 25.2 Å². The highest BCUT2D eigenvalue weighted by atomic mass is 16.2. The molecule has 0 N–H and O–H groups in total. The second-order valence-corrected chi connectivity index (χ2v) is 5.81. The van der Waals surface area contributed by atoms with E-state index in [0.29, 0.717) is 11.0 Å². The number of fused-ring (bicyclic) bond motifs is 1. The quantitative estimate of drug-likeness (QED) is 0.726. The summed E-state index contributed by atoms with van der Waals surface area (Å²) in [4.78, 5) is 30.7. The summed E-state index contributed by atoms with van der Waals surface area (Å²) in [6, 6.07) is 9.69. The first-order valence-corrected chi connectivity index (χ1v) is 7.67. The minimum atomic E-state index is -0.262. The summed E-state index contributed by atoms with van der Waals surface area (Å²) < 4.78 is 2.86. The van der Waals surface area contributed by atoms with Crippen molar-refractivity contribution in [3.05, 3.63) is 58.8 Å². The maximum atomic E-state index is 12.5. The Morgan fingerprint density at radius 2 is 2.00 bits per heavy atom. The van der Waals surface area contributed by atoms with E-state index in [0.717, 1.165) is 5.56 Å². The Morgan fingerprint density at radius 3 is 2.71 bits per heavy atom. The maximum Gasteiger partial charge on any atom is 0.264 e. The normalized spacial score (nSPS) is 12.3. The number of likely N-dealkylation sites (N-methyl/N-ethyl adjacent to an activating group) is 1. The van der Waals surface area contributed by atoms with Gasteiger partial charge in [0.2, 0.25) is 5.91 Å². The molecule has 2 heterocycles. The topological polar surface area (TPSA) is 73.0 Å². The fraction of sp³-hybridized carbons (Fsp3) is 0.294. The molecule has 0 bridgehead atoms. The zero-order valence-corrected chi connectivity index (χ0v) is 13.9. The Balaban J connectivity index is 1.82. The standard InChI is InChI=1S/C17H19N5O2/c1-12(13-7-5-4-6-8-13)21(3)15(23)10-22-11-18-16-14(17(22)24)9-20(2)19-16/h4-9,11-12H,10H2,1-3H3. The third-order valence-electron chi connectivity index (χ3n) is 4.18. The van der Waals surface area contributed by atoms with Crippen molar-refractivity contribution in [3.8, 4) is 0 Å². The van der Waals surface area contributed by atoms with Gasteiger partial charge in [0, 0.05) is 20.3 Å². The zero-order chi connectivity index (χ0) is 17.3. The number of carbonyl (C=O) groups is 1. The highest BCUT2D eigenvalue weighted by Crippen LogP contribution is 2.18. The second-order valence-electron chi connectivity index (χ2n) is 5.81. The van der Waals surface area contributed by atoms with Gasteiger partial charge in [-0.3, -0.25) is 18.8 Å². The summed E-state index contributed by atoms with van der Waals surface area (Å²) in [7, 11) is 3.47. The van der Waals surface area contributed by atoms with Crippen molar-refractivity contribution < 1.29 is 4.79 Å². The molecule has 0 aliphatic rings. The highest BCUT2D eigenvalue weighted by molar-refractivity contribution is 5.77. The van der Waals surface area contributed by atoms with Gasteiger partial charge in [-0.15, -0.1) is 0 Å². The molecule has 0 radical (unpaired) electrons. The van der Waals surface area contributed by atoms with Crippen LogP contribution >= 0.6 is 0 Å². The zero-order valence-electron chi connectivity index (χ0n) is 13.9. The smallest absolute Gasteiger partial charge is 0.264 e. The van der Waals surface area contributed by atoms with Crippen LogP contribution in [0.5, 0.6) is 0 Å². The second kappa shape index (κ2) is 6.27. The van der Waals surface area contributed by atoms with E-state index >= 15 is 0 Å². The van der Waals surface area contributed by atoms with E-state index in [9.17, 15) is 9.59 Å². The Labute approximate surface area is 139 Å². The molecular weight excluding hydrogens is 306 g/mol. The Morgan fingerprint density at radius 1 is 1.29 bits per heavy atom. The molecule has 0 fully saturated rings. The number of hydrogen-bond donors (Lipinski definition) is 0. The molecule has 3 aromatic rings. The molecule has 2 aromatic heterocycles. The largest absolute Gasteiger partial charge is 0.337 e. The van der Waals surface area contributed by atoms with Crippen molar-refractivity contribution in [2.24, 2.45) is 7.05 Å². The molecule has 3 rings (SSSR count). The molecule has 124 valence electrons. The van der Waals surface area contributed by atoms with Crippen molar-refractivity contribution in [1.82, 2.24) is 24.2 Å². The first-order chi connectivity index (χ1) is 11.5. The van der Waals surface area contributed by atoms with E-state index < -0.39 is 0 Å². The van der Waals surface area contributed by atoms with Crippen LogP contribution in [0.4, 0.5) is 0 Å².